The number of hydrogen-bond donors (Lipinski definition) is 0. The third kappa shape index (κ3) is 3.89. The van der Waals surface area contributed by atoms with Gasteiger partial charge in [0.15, 0.2) is 0 Å². The zero-order chi connectivity index (χ0) is 15.4. The van der Waals surface area contributed by atoms with Crippen LogP contribution in [0, 0.1) is 6.92 Å². The summed E-state index contributed by atoms with van der Waals surface area (Å²) in [7, 11) is 0. The molecule has 3 rings (SSSR count). The number of amides is 1. The number of aryl methyl sites for hydroxylation is 2. The van der Waals surface area contributed by atoms with Gasteiger partial charge in [0.05, 0.1) is 18.8 Å². The molecule has 1 fully saturated rings. The Hall–Kier alpha value is -0.910. The predicted molar refractivity (Wildman–Crippen MR) is 89.8 cm³/mol. The van der Waals surface area contributed by atoms with E-state index in [0.29, 0.717) is 0 Å². The van der Waals surface area contributed by atoms with E-state index < -0.39 is 0 Å². The highest BCUT2D eigenvalue weighted by atomic mass is 32.1. The van der Waals surface area contributed by atoms with Crippen LogP contribution in [0.1, 0.15) is 39.4 Å². The Labute approximate surface area is 137 Å². The van der Waals surface area contributed by atoms with Crippen molar-refractivity contribution in [2.24, 2.45) is 0 Å². The Morgan fingerprint density at radius 2 is 1.95 bits per heavy atom. The molecule has 122 valence electrons. The van der Waals surface area contributed by atoms with E-state index >= 15 is 0 Å². The van der Waals surface area contributed by atoms with Crippen LogP contribution < -0.4 is 0 Å². The Morgan fingerprint density at radius 3 is 2.77 bits per heavy atom. The lowest BCUT2D eigenvalue weighted by atomic mass is 10.2. The molecule has 0 aliphatic carbocycles. The highest BCUT2D eigenvalue weighted by molar-refractivity contribution is 7.12. The molecule has 1 aromatic heterocycles. The summed E-state index contributed by atoms with van der Waals surface area (Å²) in [5, 5.41) is 0. The van der Waals surface area contributed by atoms with E-state index in [2.05, 4.69) is 22.8 Å². The number of morpholine rings is 1. The van der Waals surface area contributed by atoms with Crippen molar-refractivity contribution in [1.82, 2.24) is 9.80 Å². The number of fused-ring (bicyclic) bond motifs is 1. The molecule has 1 saturated heterocycles. The van der Waals surface area contributed by atoms with Gasteiger partial charge in [0, 0.05) is 35.9 Å². The lowest BCUT2D eigenvalue weighted by Crippen LogP contribution is -2.37. The van der Waals surface area contributed by atoms with Gasteiger partial charge < -0.3 is 9.64 Å². The maximum absolute atomic E-state index is 12.7. The van der Waals surface area contributed by atoms with Crippen molar-refractivity contribution in [1.29, 1.82) is 0 Å². The fourth-order valence-electron chi connectivity index (χ4n) is 3.31. The maximum atomic E-state index is 12.7. The molecular weight excluding hydrogens is 296 g/mol. The molecule has 2 aliphatic rings. The average molecular weight is 322 g/mol. The number of rotatable bonds is 5. The molecular formula is C17H26N2O2S. The van der Waals surface area contributed by atoms with E-state index in [0.717, 1.165) is 70.8 Å². The molecule has 1 aromatic rings. The number of ether oxygens (including phenoxy) is 1. The van der Waals surface area contributed by atoms with Crippen LogP contribution in [0.2, 0.25) is 0 Å². The molecule has 0 bridgehead atoms. The summed E-state index contributed by atoms with van der Waals surface area (Å²) in [5.41, 5.74) is 0.966. The van der Waals surface area contributed by atoms with E-state index in [4.69, 9.17) is 4.74 Å². The number of thiophene rings is 1. The topological polar surface area (TPSA) is 32.8 Å². The Morgan fingerprint density at radius 1 is 1.18 bits per heavy atom. The molecule has 0 N–H and O–H groups in total. The summed E-state index contributed by atoms with van der Waals surface area (Å²) in [4.78, 5) is 19.7. The SMILES string of the molecule is Cc1cc2c(s1)CCCN(CCCCN1CCOCC1)C2=O. The molecule has 0 aromatic carbocycles. The molecule has 4 nitrogen and oxygen atoms in total. The normalized spacial score (nSPS) is 20.0. The van der Waals surface area contributed by atoms with Crippen LogP contribution in [-0.4, -0.2) is 61.6 Å². The second-order valence-electron chi connectivity index (χ2n) is 6.25. The van der Waals surface area contributed by atoms with Gasteiger partial charge in [-0.3, -0.25) is 9.69 Å². The van der Waals surface area contributed by atoms with Crippen LogP contribution in [0.3, 0.4) is 0 Å². The van der Waals surface area contributed by atoms with E-state index in [1.54, 1.807) is 11.3 Å². The van der Waals surface area contributed by atoms with Crippen molar-refractivity contribution >= 4 is 17.2 Å². The second-order valence-corrected chi connectivity index (χ2v) is 7.59. The summed E-state index contributed by atoms with van der Waals surface area (Å²) in [5.74, 6) is 0.253. The van der Waals surface area contributed by atoms with E-state index in [1.807, 2.05) is 0 Å². The largest absolute Gasteiger partial charge is 0.379 e. The minimum atomic E-state index is 0.253. The molecule has 3 heterocycles. The van der Waals surface area contributed by atoms with Crippen LogP contribution in [0.4, 0.5) is 0 Å². The lowest BCUT2D eigenvalue weighted by molar-refractivity contribution is 0.0368. The number of carbonyl (C=O) groups is 1. The summed E-state index contributed by atoms with van der Waals surface area (Å²) in [6.45, 7) is 8.89. The quantitative estimate of drug-likeness (QED) is 0.781. The third-order valence-electron chi connectivity index (χ3n) is 4.54. The Kier molecular flexibility index (Phi) is 5.50. The van der Waals surface area contributed by atoms with Gasteiger partial charge in [0.1, 0.15) is 0 Å². The van der Waals surface area contributed by atoms with Gasteiger partial charge in [-0.05, 0) is 45.2 Å². The Balaban J connectivity index is 1.47. The van der Waals surface area contributed by atoms with E-state index in [9.17, 15) is 4.79 Å². The van der Waals surface area contributed by atoms with Crippen LogP contribution in [0.5, 0.6) is 0 Å². The van der Waals surface area contributed by atoms with Crippen molar-refractivity contribution in [3.63, 3.8) is 0 Å². The molecule has 2 aliphatic heterocycles. The van der Waals surface area contributed by atoms with Gasteiger partial charge >= 0.3 is 0 Å². The van der Waals surface area contributed by atoms with E-state index in [1.165, 1.54) is 16.2 Å². The molecule has 0 radical (unpaired) electrons. The lowest BCUT2D eigenvalue weighted by Gasteiger charge is -2.27. The smallest absolute Gasteiger partial charge is 0.254 e. The first kappa shape index (κ1) is 16.0. The number of unbranched alkanes of at least 4 members (excludes halogenated alkanes) is 1. The highest BCUT2D eigenvalue weighted by Crippen LogP contribution is 2.27. The van der Waals surface area contributed by atoms with Crippen molar-refractivity contribution in [2.45, 2.75) is 32.6 Å². The molecule has 1 amide bonds. The molecule has 0 spiro atoms. The van der Waals surface area contributed by atoms with Gasteiger partial charge in [-0.1, -0.05) is 0 Å². The molecule has 0 unspecified atom stereocenters. The van der Waals surface area contributed by atoms with Gasteiger partial charge in [-0.15, -0.1) is 11.3 Å². The summed E-state index contributed by atoms with van der Waals surface area (Å²) < 4.78 is 5.37. The van der Waals surface area contributed by atoms with Crippen LogP contribution >= 0.6 is 11.3 Å². The van der Waals surface area contributed by atoms with Crippen molar-refractivity contribution in [3.8, 4) is 0 Å². The highest BCUT2D eigenvalue weighted by Gasteiger charge is 2.23. The monoisotopic (exact) mass is 322 g/mol. The molecule has 5 heteroatoms. The predicted octanol–water partition coefficient (Wildman–Crippen LogP) is 2.56. The van der Waals surface area contributed by atoms with Crippen molar-refractivity contribution < 1.29 is 9.53 Å². The minimum absolute atomic E-state index is 0.253. The zero-order valence-corrected chi connectivity index (χ0v) is 14.3. The molecule has 0 atom stereocenters. The fraction of sp³-hybridized carbons (Fsp3) is 0.706. The Bertz CT molecular complexity index is 509. The summed E-state index contributed by atoms with van der Waals surface area (Å²) >= 11 is 1.79. The van der Waals surface area contributed by atoms with Gasteiger partial charge in [-0.25, -0.2) is 0 Å². The van der Waals surface area contributed by atoms with Crippen LogP contribution in [-0.2, 0) is 11.2 Å². The fourth-order valence-corrected chi connectivity index (χ4v) is 4.38. The van der Waals surface area contributed by atoms with Crippen LogP contribution in [0.15, 0.2) is 6.07 Å². The molecule has 0 saturated carbocycles. The van der Waals surface area contributed by atoms with E-state index in [-0.39, 0.29) is 5.91 Å². The number of carbonyl (C=O) groups excluding carboxylic acids is 1. The minimum Gasteiger partial charge on any atom is -0.379 e. The van der Waals surface area contributed by atoms with Crippen molar-refractivity contribution in [2.75, 3.05) is 45.9 Å². The molecule has 22 heavy (non-hydrogen) atoms. The zero-order valence-electron chi connectivity index (χ0n) is 13.5. The van der Waals surface area contributed by atoms with Gasteiger partial charge in [0.2, 0.25) is 0 Å². The summed E-state index contributed by atoms with van der Waals surface area (Å²) in [6, 6.07) is 2.08. The third-order valence-corrected chi connectivity index (χ3v) is 5.65. The number of hydrogen-bond acceptors (Lipinski definition) is 4. The maximum Gasteiger partial charge on any atom is 0.254 e. The first-order valence-corrected chi connectivity index (χ1v) is 9.24. The van der Waals surface area contributed by atoms with Crippen LogP contribution in [0.25, 0.3) is 0 Å². The first-order valence-electron chi connectivity index (χ1n) is 8.43. The summed E-state index contributed by atoms with van der Waals surface area (Å²) in [6.07, 6.45) is 4.42. The second kappa shape index (κ2) is 7.57. The number of nitrogens with zero attached hydrogens (tertiary/aromatic N) is 2. The van der Waals surface area contributed by atoms with Gasteiger partial charge in [0.25, 0.3) is 5.91 Å². The van der Waals surface area contributed by atoms with Crippen molar-refractivity contribution in [3.05, 3.63) is 21.4 Å². The average Bonchev–Trinajstić information content (AvgIpc) is 2.84. The first-order chi connectivity index (χ1) is 10.7. The van der Waals surface area contributed by atoms with Gasteiger partial charge in [-0.2, -0.15) is 0 Å². The standard InChI is InChI=1S/C17H26N2O2S/c1-14-13-15-16(22-14)5-4-8-19(17(15)20)7-3-2-6-18-9-11-21-12-10-18/h13H,2-12H2,1H3.